The number of hydrogen-bond donors (Lipinski definition) is 2. The first-order valence-corrected chi connectivity index (χ1v) is 8.95. The number of nitrogens with zero attached hydrogens (tertiary/aromatic N) is 2. The first kappa shape index (κ1) is 19.6. The Balaban J connectivity index is 2.42. The molecule has 0 aromatic heterocycles. The van der Waals surface area contributed by atoms with Crippen LogP contribution in [0.2, 0.25) is 10.0 Å². The van der Waals surface area contributed by atoms with Gasteiger partial charge in [-0.2, -0.15) is 18.9 Å². The van der Waals surface area contributed by atoms with E-state index in [2.05, 4.69) is 5.32 Å². The van der Waals surface area contributed by atoms with Gasteiger partial charge < -0.3 is 10.1 Å². The van der Waals surface area contributed by atoms with Crippen LogP contribution in [0.4, 0.5) is 5.69 Å². The predicted molar refractivity (Wildman–Crippen MR) is 95.7 cm³/mol. The molecule has 0 bridgehead atoms. The molecule has 7 nitrogen and oxygen atoms in total. The summed E-state index contributed by atoms with van der Waals surface area (Å²) in [6, 6.07) is 11.5. The van der Waals surface area contributed by atoms with Gasteiger partial charge in [0.05, 0.1) is 10.7 Å². The number of rotatable bonds is 5. The van der Waals surface area contributed by atoms with Crippen LogP contribution in [0.25, 0.3) is 0 Å². The van der Waals surface area contributed by atoms with Gasteiger partial charge in [-0.25, -0.2) is 0 Å². The average molecular weight is 410 g/mol. The monoisotopic (exact) mass is 409 g/mol. The largest absolute Gasteiger partial charge is 0.456 e. The van der Waals surface area contributed by atoms with Crippen molar-refractivity contribution in [1.82, 2.24) is 0 Å². The fourth-order valence-corrected chi connectivity index (χ4v) is 2.94. The van der Waals surface area contributed by atoms with Crippen molar-refractivity contribution in [3.05, 3.63) is 58.2 Å². The maximum Gasteiger partial charge on any atom is 0.296 e. The summed E-state index contributed by atoms with van der Waals surface area (Å²) in [6.45, 7) is 0. The molecular formula is C16H9Cl2N3O4S. The Hall–Kier alpha value is -2.75. The van der Waals surface area contributed by atoms with E-state index < -0.39 is 15.0 Å². The van der Waals surface area contributed by atoms with E-state index in [1.165, 1.54) is 24.3 Å². The van der Waals surface area contributed by atoms with E-state index in [4.69, 9.17) is 38.5 Å². The average Bonchev–Trinajstić information content (AvgIpc) is 2.58. The van der Waals surface area contributed by atoms with E-state index >= 15 is 0 Å². The summed E-state index contributed by atoms with van der Waals surface area (Å²) in [6.07, 6.45) is 1.01. The van der Waals surface area contributed by atoms with Gasteiger partial charge in [0.25, 0.3) is 10.1 Å². The van der Waals surface area contributed by atoms with Crippen LogP contribution in [-0.2, 0) is 10.1 Å². The Morgan fingerprint density at radius 1 is 1.15 bits per heavy atom. The van der Waals surface area contributed by atoms with Crippen molar-refractivity contribution in [2.24, 2.45) is 0 Å². The van der Waals surface area contributed by atoms with E-state index in [1.54, 1.807) is 18.2 Å². The second kappa shape index (κ2) is 8.09. The minimum absolute atomic E-state index is 0.0509. The smallest absolute Gasteiger partial charge is 0.296 e. The molecule has 0 unspecified atom stereocenters. The first-order valence-electron chi connectivity index (χ1n) is 6.76. The van der Waals surface area contributed by atoms with Crippen molar-refractivity contribution in [2.45, 2.75) is 4.90 Å². The Bertz CT molecular complexity index is 1050. The highest BCUT2D eigenvalue weighted by atomic mass is 35.5. The number of nitrogens with one attached hydrogen (secondary N) is 1. The highest BCUT2D eigenvalue weighted by Crippen LogP contribution is 2.34. The van der Waals surface area contributed by atoms with Gasteiger partial charge in [0, 0.05) is 17.3 Å². The van der Waals surface area contributed by atoms with E-state index in [-0.39, 0.29) is 27.8 Å². The minimum atomic E-state index is -4.62. The number of hydrogen-bond acceptors (Lipinski definition) is 6. The van der Waals surface area contributed by atoms with E-state index in [0.29, 0.717) is 5.02 Å². The highest BCUT2D eigenvalue weighted by molar-refractivity contribution is 7.86. The molecule has 0 aliphatic carbocycles. The van der Waals surface area contributed by atoms with Crippen LogP contribution in [0.5, 0.6) is 11.5 Å². The van der Waals surface area contributed by atoms with Gasteiger partial charge in [-0.3, -0.25) is 4.55 Å². The lowest BCUT2D eigenvalue weighted by Gasteiger charge is -2.12. The van der Waals surface area contributed by atoms with Crippen molar-refractivity contribution in [3.8, 4) is 23.6 Å². The van der Waals surface area contributed by atoms with Crippen LogP contribution in [-0.4, -0.2) is 13.0 Å². The van der Waals surface area contributed by atoms with Crippen molar-refractivity contribution in [3.63, 3.8) is 0 Å². The van der Waals surface area contributed by atoms with Crippen LogP contribution in [0, 0.1) is 22.7 Å². The Kier molecular flexibility index (Phi) is 6.09. The molecule has 0 aliphatic heterocycles. The van der Waals surface area contributed by atoms with Crippen LogP contribution >= 0.6 is 23.2 Å². The minimum Gasteiger partial charge on any atom is -0.456 e. The molecule has 26 heavy (non-hydrogen) atoms. The maximum absolute atomic E-state index is 11.6. The molecule has 2 aromatic carbocycles. The molecule has 2 N–H and O–H groups in total. The number of ether oxygens (including phenoxy) is 1. The van der Waals surface area contributed by atoms with Crippen molar-refractivity contribution in [2.75, 3.05) is 5.32 Å². The summed E-state index contributed by atoms with van der Waals surface area (Å²) in [5, 5.41) is 20.5. The topological polar surface area (TPSA) is 123 Å². The standard InChI is InChI=1S/C16H9Cl2N3O4S/c17-11-1-4-15(13(18)5-11)25-12-2-3-14(16(6-12)26(22,23)24)21-9-10(7-19)8-20/h1-6,9,21H,(H,22,23,24). The lowest BCUT2D eigenvalue weighted by Crippen LogP contribution is -2.04. The summed E-state index contributed by atoms with van der Waals surface area (Å²) in [4.78, 5) is -0.508. The molecule has 0 saturated heterocycles. The zero-order chi connectivity index (χ0) is 19.3. The van der Waals surface area contributed by atoms with Crippen LogP contribution in [0.1, 0.15) is 0 Å². The summed E-state index contributed by atoms with van der Waals surface area (Å²) >= 11 is 11.8. The third-order valence-corrected chi connectivity index (χ3v) is 4.39. The molecule has 132 valence electrons. The number of nitriles is 2. The normalized spacial score (nSPS) is 10.3. The fourth-order valence-electron chi connectivity index (χ4n) is 1.82. The number of anilines is 1. The molecule has 2 rings (SSSR count). The number of halogens is 2. The van der Waals surface area contributed by atoms with E-state index in [0.717, 1.165) is 12.3 Å². The Labute approximate surface area is 159 Å². The lowest BCUT2D eigenvalue weighted by atomic mass is 10.3. The molecule has 0 spiro atoms. The van der Waals surface area contributed by atoms with Gasteiger partial charge in [0.1, 0.15) is 34.1 Å². The summed E-state index contributed by atoms with van der Waals surface area (Å²) in [7, 11) is -4.62. The van der Waals surface area contributed by atoms with E-state index in [1.807, 2.05) is 0 Å². The third-order valence-electron chi connectivity index (χ3n) is 2.97. The molecule has 0 heterocycles. The molecule has 0 atom stereocenters. The Morgan fingerprint density at radius 2 is 1.85 bits per heavy atom. The van der Waals surface area contributed by atoms with Crippen molar-refractivity contribution < 1.29 is 17.7 Å². The van der Waals surface area contributed by atoms with Gasteiger partial charge >= 0.3 is 0 Å². The second-order valence-electron chi connectivity index (χ2n) is 4.74. The SMILES string of the molecule is N#CC(C#N)=CNc1ccc(Oc2ccc(Cl)cc2Cl)cc1S(=O)(=O)O. The van der Waals surface area contributed by atoms with Gasteiger partial charge in [-0.15, -0.1) is 0 Å². The van der Waals surface area contributed by atoms with Crippen LogP contribution < -0.4 is 10.1 Å². The zero-order valence-electron chi connectivity index (χ0n) is 12.8. The quantitative estimate of drug-likeness (QED) is 0.554. The van der Waals surface area contributed by atoms with Gasteiger partial charge in [0.15, 0.2) is 0 Å². The summed E-state index contributed by atoms with van der Waals surface area (Å²) in [5.41, 5.74) is -0.329. The van der Waals surface area contributed by atoms with Crippen LogP contribution in [0.15, 0.2) is 53.1 Å². The molecule has 10 heteroatoms. The lowest BCUT2D eigenvalue weighted by molar-refractivity contribution is 0.472. The number of benzene rings is 2. The highest BCUT2D eigenvalue weighted by Gasteiger charge is 2.17. The molecule has 0 radical (unpaired) electrons. The fraction of sp³-hybridized carbons (Fsp3) is 0. The molecule has 0 fully saturated rings. The summed E-state index contributed by atoms with van der Waals surface area (Å²) in [5.74, 6) is 0.311. The Morgan fingerprint density at radius 3 is 2.42 bits per heavy atom. The predicted octanol–water partition coefficient (Wildman–Crippen LogP) is 4.38. The van der Waals surface area contributed by atoms with Crippen LogP contribution in [0.3, 0.4) is 0 Å². The van der Waals surface area contributed by atoms with Crippen molar-refractivity contribution in [1.29, 1.82) is 10.5 Å². The third kappa shape index (κ3) is 4.88. The first-order chi connectivity index (χ1) is 12.2. The second-order valence-corrected chi connectivity index (χ2v) is 6.97. The van der Waals surface area contributed by atoms with Crippen molar-refractivity contribution >= 4 is 39.0 Å². The number of allylic oxidation sites excluding steroid dienone is 1. The molecule has 0 saturated carbocycles. The van der Waals surface area contributed by atoms with Gasteiger partial charge in [0.2, 0.25) is 0 Å². The zero-order valence-corrected chi connectivity index (χ0v) is 15.1. The molecule has 2 aromatic rings. The summed E-state index contributed by atoms with van der Waals surface area (Å²) < 4.78 is 38.2. The maximum atomic E-state index is 11.6. The van der Waals surface area contributed by atoms with Gasteiger partial charge in [-0.1, -0.05) is 23.2 Å². The molecule has 0 amide bonds. The van der Waals surface area contributed by atoms with E-state index in [9.17, 15) is 13.0 Å². The molecular weight excluding hydrogens is 401 g/mol. The van der Waals surface area contributed by atoms with Gasteiger partial charge in [-0.05, 0) is 30.3 Å². The molecule has 0 aliphatic rings.